The van der Waals surface area contributed by atoms with Gasteiger partial charge in [-0.25, -0.2) is 0 Å². The molecule has 24 heavy (non-hydrogen) atoms. The average Bonchev–Trinajstić information content (AvgIpc) is 2.59. The van der Waals surface area contributed by atoms with Gasteiger partial charge in [0.1, 0.15) is 5.69 Å². The Balaban J connectivity index is 1.64. The number of piperazine rings is 1. The highest BCUT2D eigenvalue weighted by atomic mass is 35.5. The van der Waals surface area contributed by atoms with E-state index in [4.69, 9.17) is 23.2 Å². The van der Waals surface area contributed by atoms with Crippen LogP contribution in [0.5, 0.6) is 0 Å². The van der Waals surface area contributed by atoms with E-state index in [9.17, 15) is 10.1 Å². The number of halogens is 2. The summed E-state index contributed by atoms with van der Waals surface area (Å²) in [6.07, 6.45) is 0. The van der Waals surface area contributed by atoms with Crippen LogP contribution in [0, 0.1) is 10.1 Å². The van der Waals surface area contributed by atoms with Gasteiger partial charge in [0, 0.05) is 38.8 Å². The molecule has 5 nitrogen and oxygen atoms in total. The molecule has 1 heterocycles. The summed E-state index contributed by atoms with van der Waals surface area (Å²) in [7, 11) is 0. The molecule has 3 rings (SSSR count). The summed E-state index contributed by atoms with van der Waals surface area (Å²) in [6, 6.07) is 12.6. The van der Waals surface area contributed by atoms with E-state index < -0.39 is 0 Å². The number of hydrogen-bond donors (Lipinski definition) is 0. The number of nitro benzene ring substituents is 1. The number of nitrogens with zero attached hydrogens (tertiary/aromatic N) is 3. The van der Waals surface area contributed by atoms with Crippen LogP contribution in [0.3, 0.4) is 0 Å². The van der Waals surface area contributed by atoms with Gasteiger partial charge < -0.3 is 4.90 Å². The van der Waals surface area contributed by atoms with Gasteiger partial charge in [-0.05, 0) is 23.8 Å². The molecular formula is C17H17Cl2N3O2. The van der Waals surface area contributed by atoms with Crippen molar-refractivity contribution in [3.63, 3.8) is 0 Å². The van der Waals surface area contributed by atoms with Crippen LogP contribution < -0.4 is 4.90 Å². The third-order valence-electron chi connectivity index (χ3n) is 4.18. The highest BCUT2D eigenvalue weighted by Gasteiger charge is 2.23. The molecule has 2 aromatic rings. The molecule has 0 aromatic heterocycles. The topological polar surface area (TPSA) is 49.6 Å². The summed E-state index contributed by atoms with van der Waals surface area (Å²) in [5, 5.41) is 12.3. The van der Waals surface area contributed by atoms with Crippen molar-refractivity contribution in [2.45, 2.75) is 6.54 Å². The van der Waals surface area contributed by atoms with Crippen LogP contribution in [-0.2, 0) is 6.54 Å². The lowest BCUT2D eigenvalue weighted by molar-refractivity contribution is -0.384. The van der Waals surface area contributed by atoms with Crippen molar-refractivity contribution < 1.29 is 4.92 Å². The Morgan fingerprint density at radius 2 is 1.71 bits per heavy atom. The van der Waals surface area contributed by atoms with Gasteiger partial charge in [-0.3, -0.25) is 15.0 Å². The summed E-state index contributed by atoms with van der Waals surface area (Å²) in [5.74, 6) is 0. The predicted molar refractivity (Wildman–Crippen MR) is 97.0 cm³/mol. The first kappa shape index (κ1) is 17.0. The number of hydrogen-bond acceptors (Lipinski definition) is 4. The van der Waals surface area contributed by atoms with Gasteiger partial charge in [0.05, 0.1) is 15.0 Å². The fraction of sp³-hybridized carbons (Fsp3) is 0.294. The molecule has 0 radical (unpaired) electrons. The van der Waals surface area contributed by atoms with E-state index in [0.717, 1.165) is 38.3 Å². The van der Waals surface area contributed by atoms with Crippen LogP contribution in [-0.4, -0.2) is 36.0 Å². The molecule has 7 heteroatoms. The maximum absolute atomic E-state index is 11.2. The number of benzene rings is 2. The second kappa shape index (κ2) is 7.38. The first-order valence-corrected chi connectivity index (χ1v) is 8.45. The molecule has 0 bridgehead atoms. The molecule has 2 aromatic carbocycles. The van der Waals surface area contributed by atoms with Crippen molar-refractivity contribution in [2.75, 3.05) is 31.1 Å². The Labute approximate surface area is 150 Å². The van der Waals surface area contributed by atoms with Crippen molar-refractivity contribution in [1.82, 2.24) is 4.90 Å². The van der Waals surface area contributed by atoms with Crippen LogP contribution in [0.2, 0.25) is 10.0 Å². The number of anilines is 1. The van der Waals surface area contributed by atoms with Crippen LogP contribution in [0.4, 0.5) is 11.4 Å². The zero-order valence-electron chi connectivity index (χ0n) is 13.0. The van der Waals surface area contributed by atoms with Gasteiger partial charge in [0.15, 0.2) is 0 Å². The summed E-state index contributed by atoms with van der Waals surface area (Å²) in [4.78, 5) is 15.2. The molecule has 0 N–H and O–H groups in total. The van der Waals surface area contributed by atoms with Crippen LogP contribution >= 0.6 is 23.2 Å². The standard InChI is InChI=1S/C17H17Cl2N3O2/c18-14-6-5-13(11-15(14)19)12-20-7-9-21(10-8-20)16-3-1-2-4-17(16)22(23)24/h1-6,11H,7-10,12H2. The lowest BCUT2D eigenvalue weighted by atomic mass is 10.1. The predicted octanol–water partition coefficient (Wildman–Crippen LogP) is 4.22. The SMILES string of the molecule is O=[N+]([O-])c1ccccc1N1CCN(Cc2ccc(Cl)c(Cl)c2)CC1. The molecule has 0 amide bonds. The number of para-hydroxylation sites is 2. The zero-order valence-corrected chi connectivity index (χ0v) is 14.5. The van der Waals surface area contributed by atoms with E-state index in [2.05, 4.69) is 9.80 Å². The van der Waals surface area contributed by atoms with E-state index in [1.807, 2.05) is 30.3 Å². The van der Waals surface area contributed by atoms with E-state index >= 15 is 0 Å². The summed E-state index contributed by atoms with van der Waals surface area (Å²) in [5.41, 5.74) is 1.97. The Bertz CT molecular complexity index is 746. The zero-order chi connectivity index (χ0) is 17.1. The molecule has 1 saturated heterocycles. The van der Waals surface area contributed by atoms with E-state index in [-0.39, 0.29) is 10.6 Å². The highest BCUT2D eigenvalue weighted by Crippen LogP contribution is 2.29. The van der Waals surface area contributed by atoms with Crippen LogP contribution in [0.15, 0.2) is 42.5 Å². The van der Waals surface area contributed by atoms with Crippen LogP contribution in [0.25, 0.3) is 0 Å². The smallest absolute Gasteiger partial charge is 0.292 e. The summed E-state index contributed by atoms with van der Waals surface area (Å²) in [6.45, 7) is 3.98. The van der Waals surface area contributed by atoms with Gasteiger partial charge in [0.25, 0.3) is 5.69 Å². The quantitative estimate of drug-likeness (QED) is 0.600. The molecule has 126 valence electrons. The third-order valence-corrected chi connectivity index (χ3v) is 4.92. The van der Waals surface area contributed by atoms with Gasteiger partial charge in [-0.1, -0.05) is 41.4 Å². The molecule has 1 aliphatic rings. The Morgan fingerprint density at radius 1 is 1.00 bits per heavy atom. The fourth-order valence-corrected chi connectivity index (χ4v) is 3.25. The van der Waals surface area contributed by atoms with E-state index in [1.54, 1.807) is 12.1 Å². The van der Waals surface area contributed by atoms with Crippen molar-refractivity contribution in [3.05, 3.63) is 68.2 Å². The van der Waals surface area contributed by atoms with Gasteiger partial charge >= 0.3 is 0 Å². The minimum absolute atomic E-state index is 0.162. The normalized spacial score (nSPS) is 15.5. The molecule has 0 spiro atoms. The van der Waals surface area contributed by atoms with Crippen LogP contribution in [0.1, 0.15) is 5.56 Å². The lowest BCUT2D eigenvalue weighted by Gasteiger charge is -2.35. The fourth-order valence-electron chi connectivity index (χ4n) is 2.93. The molecule has 0 aliphatic carbocycles. The van der Waals surface area contributed by atoms with E-state index in [1.165, 1.54) is 0 Å². The first-order chi connectivity index (χ1) is 11.5. The maximum atomic E-state index is 11.2. The third kappa shape index (κ3) is 3.80. The van der Waals surface area contributed by atoms with Gasteiger partial charge in [0.2, 0.25) is 0 Å². The number of rotatable bonds is 4. The Morgan fingerprint density at radius 3 is 2.38 bits per heavy atom. The average molecular weight is 366 g/mol. The van der Waals surface area contributed by atoms with Gasteiger partial charge in [-0.15, -0.1) is 0 Å². The number of nitro groups is 1. The van der Waals surface area contributed by atoms with Crippen molar-refractivity contribution in [2.24, 2.45) is 0 Å². The second-order valence-electron chi connectivity index (χ2n) is 5.76. The monoisotopic (exact) mass is 365 g/mol. The Kier molecular flexibility index (Phi) is 5.23. The largest absolute Gasteiger partial charge is 0.363 e. The summed E-state index contributed by atoms with van der Waals surface area (Å²) >= 11 is 12.0. The van der Waals surface area contributed by atoms with Crippen molar-refractivity contribution in [3.8, 4) is 0 Å². The van der Waals surface area contributed by atoms with Crippen molar-refractivity contribution in [1.29, 1.82) is 0 Å². The molecular weight excluding hydrogens is 349 g/mol. The minimum Gasteiger partial charge on any atom is -0.363 e. The second-order valence-corrected chi connectivity index (χ2v) is 6.57. The van der Waals surface area contributed by atoms with Gasteiger partial charge in [-0.2, -0.15) is 0 Å². The first-order valence-electron chi connectivity index (χ1n) is 7.69. The lowest BCUT2D eigenvalue weighted by Crippen LogP contribution is -2.46. The highest BCUT2D eigenvalue weighted by molar-refractivity contribution is 6.42. The van der Waals surface area contributed by atoms with E-state index in [0.29, 0.717) is 15.7 Å². The molecule has 1 aliphatic heterocycles. The maximum Gasteiger partial charge on any atom is 0.292 e. The molecule has 1 fully saturated rings. The Hall–Kier alpha value is -1.82. The minimum atomic E-state index is -0.322. The summed E-state index contributed by atoms with van der Waals surface area (Å²) < 4.78 is 0. The molecule has 0 atom stereocenters. The molecule has 0 saturated carbocycles. The van der Waals surface area contributed by atoms with Crippen molar-refractivity contribution >= 4 is 34.6 Å². The molecule has 0 unspecified atom stereocenters.